The predicted octanol–water partition coefficient (Wildman–Crippen LogP) is 5.50. The van der Waals surface area contributed by atoms with Gasteiger partial charge in [0.25, 0.3) is 0 Å². The summed E-state index contributed by atoms with van der Waals surface area (Å²) in [6.45, 7) is 5.54. The first-order valence-corrected chi connectivity index (χ1v) is 7.87. The third-order valence-corrected chi connectivity index (χ3v) is 3.89. The first-order valence-electron chi connectivity index (χ1n) is 7.87. The fraction of sp³-hybridized carbons (Fsp3) is 0.938. The average molecular weight is 239 g/mol. The molecule has 0 saturated carbocycles. The smallest absolute Gasteiger partial charge is 0.100 e. The molecule has 1 saturated heterocycles. The fourth-order valence-electron chi connectivity index (χ4n) is 2.74. The lowest BCUT2D eigenvalue weighted by molar-refractivity contribution is 0.171. The van der Waals surface area contributed by atoms with Crippen molar-refractivity contribution in [3.8, 4) is 0 Å². The maximum atomic E-state index is 5.82. The Morgan fingerprint density at radius 3 is 2.35 bits per heavy atom. The summed E-state index contributed by atoms with van der Waals surface area (Å²) in [5, 5.41) is 0. The van der Waals surface area contributed by atoms with Crippen LogP contribution in [0, 0.1) is 12.0 Å². The Balaban J connectivity index is 2.06. The van der Waals surface area contributed by atoms with E-state index in [0.29, 0.717) is 0 Å². The number of ether oxygens (including phenoxy) is 1. The Kier molecular flexibility index (Phi) is 8.78. The van der Waals surface area contributed by atoms with E-state index in [0.717, 1.165) is 12.5 Å². The molecule has 1 aliphatic rings. The molecule has 0 aromatic heterocycles. The molecule has 0 spiro atoms. The molecule has 0 aliphatic carbocycles. The topological polar surface area (TPSA) is 9.23 Å². The van der Waals surface area contributed by atoms with E-state index in [2.05, 4.69) is 13.8 Å². The molecule has 0 N–H and O–H groups in total. The van der Waals surface area contributed by atoms with E-state index in [9.17, 15) is 0 Å². The van der Waals surface area contributed by atoms with Gasteiger partial charge < -0.3 is 4.74 Å². The van der Waals surface area contributed by atoms with Crippen molar-refractivity contribution >= 4 is 0 Å². The van der Waals surface area contributed by atoms with E-state index in [-0.39, 0.29) is 0 Å². The van der Waals surface area contributed by atoms with Gasteiger partial charge in [0, 0.05) is 6.61 Å². The van der Waals surface area contributed by atoms with Crippen LogP contribution in [-0.2, 0) is 4.74 Å². The normalized spacial score (nSPS) is 21.2. The number of hydrogen-bond donors (Lipinski definition) is 0. The van der Waals surface area contributed by atoms with Crippen LogP contribution in [0.3, 0.4) is 0 Å². The van der Waals surface area contributed by atoms with Gasteiger partial charge in [-0.3, -0.25) is 0 Å². The Labute approximate surface area is 108 Å². The van der Waals surface area contributed by atoms with Gasteiger partial charge in [0.15, 0.2) is 0 Å². The maximum absolute atomic E-state index is 5.82. The van der Waals surface area contributed by atoms with Crippen molar-refractivity contribution in [3.05, 3.63) is 6.10 Å². The third kappa shape index (κ3) is 6.45. The van der Waals surface area contributed by atoms with Crippen molar-refractivity contribution in [2.24, 2.45) is 5.92 Å². The minimum absolute atomic E-state index is 0.800. The zero-order valence-corrected chi connectivity index (χ0v) is 12.0. The summed E-state index contributed by atoms with van der Waals surface area (Å²) >= 11 is 0. The summed E-state index contributed by atoms with van der Waals surface area (Å²) < 4.78 is 5.82. The minimum Gasteiger partial charge on any atom is -0.372 e. The van der Waals surface area contributed by atoms with Crippen molar-refractivity contribution in [1.82, 2.24) is 0 Å². The molecule has 0 aromatic rings. The van der Waals surface area contributed by atoms with Crippen LogP contribution in [0.2, 0.25) is 0 Å². The molecule has 1 atom stereocenters. The first-order chi connectivity index (χ1) is 8.38. The minimum atomic E-state index is 0.800. The highest BCUT2D eigenvalue weighted by Gasteiger charge is 2.27. The van der Waals surface area contributed by atoms with E-state index in [4.69, 9.17) is 4.74 Å². The van der Waals surface area contributed by atoms with Gasteiger partial charge in [0.2, 0.25) is 0 Å². The van der Waals surface area contributed by atoms with Crippen molar-refractivity contribution in [3.63, 3.8) is 0 Å². The molecule has 1 fully saturated rings. The highest BCUT2D eigenvalue weighted by molar-refractivity contribution is 4.91. The zero-order chi connectivity index (χ0) is 12.3. The van der Waals surface area contributed by atoms with E-state index >= 15 is 0 Å². The summed E-state index contributed by atoms with van der Waals surface area (Å²) in [7, 11) is 0. The molecule has 1 heterocycles. The molecule has 0 aromatic carbocycles. The summed E-state index contributed by atoms with van der Waals surface area (Å²) in [4.78, 5) is 0. The lowest BCUT2D eigenvalue weighted by Crippen LogP contribution is -2.07. The van der Waals surface area contributed by atoms with Crippen molar-refractivity contribution in [1.29, 1.82) is 0 Å². The second kappa shape index (κ2) is 9.94. The maximum Gasteiger partial charge on any atom is 0.100 e. The van der Waals surface area contributed by atoms with Gasteiger partial charge >= 0.3 is 0 Å². The van der Waals surface area contributed by atoms with Crippen LogP contribution in [0.25, 0.3) is 0 Å². The van der Waals surface area contributed by atoms with Crippen molar-refractivity contribution < 1.29 is 4.74 Å². The van der Waals surface area contributed by atoms with Crippen LogP contribution in [-0.4, -0.2) is 6.61 Å². The van der Waals surface area contributed by atoms with Crippen LogP contribution in [0.1, 0.15) is 84.5 Å². The molecular formula is C16H31O. The van der Waals surface area contributed by atoms with E-state index < -0.39 is 0 Å². The van der Waals surface area contributed by atoms with Crippen molar-refractivity contribution in [2.75, 3.05) is 6.61 Å². The van der Waals surface area contributed by atoms with Gasteiger partial charge in [-0.2, -0.15) is 0 Å². The second-order valence-corrected chi connectivity index (χ2v) is 5.46. The van der Waals surface area contributed by atoms with Crippen LogP contribution in [0.5, 0.6) is 0 Å². The first kappa shape index (κ1) is 15.0. The summed E-state index contributed by atoms with van der Waals surface area (Å²) in [5.74, 6) is 0.800. The van der Waals surface area contributed by atoms with Gasteiger partial charge in [-0.25, -0.2) is 0 Å². The van der Waals surface area contributed by atoms with Crippen LogP contribution < -0.4 is 0 Å². The summed E-state index contributed by atoms with van der Waals surface area (Å²) in [6.07, 6.45) is 16.3. The lowest BCUT2D eigenvalue weighted by Gasteiger charge is -2.17. The van der Waals surface area contributed by atoms with Crippen LogP contribution in [0.15, 0.2) is 0 Å². The van der Waals surface area contributed by atoms with Gasteiger partial charge in [0.1, 0.15) is 6.10 Å². The van der Waals surface area contributed by atoms with E-state index in [1.165, 1.54) is 76.7 Å². The second-order valence-electron chi connectivity index (χ2n) is 5.46. The molecule has 1 unspecified atom stereocenters. The van der Waals surface area contributed by atoms with Gasteiger partial charge in [-0.05, 0) is 25.2 Å². The molecule has 1 radical (unpaired) electrons. The molecule has 17 heavy (non-hydrogen) atoms. The predicted molar refractivity (Wildman–Crippen MR) is 74.8 cm³/mol. The Hall–Kier alpha value is -0.0400. The SMILES string of the molecule is CCCCCC[C]1OCCC1CCCCCC. The summed E-state index contributed by atoms with van der Waals surface area (Å²) in [5.41, 5.74) is 0. The number of unbranched alkanes of at least 4 members (excludes halogenated alkanes) is 6. The van der Waals surface area contributed by atoms with Crippen molar-refractivity contribution in [2.45, 2.75) is 84.5 Å². The number of rotatable bonds is 10. The summed E-state index contributed by atoms with van der Waals surface area (Å²) in [6, 6.07) is 0. The van der Waals surface area contributed by atoms with E-state index in [1.54, 1.807) is 0 Å². The Morgan fingerprint density at radius 2 is 1.65 bits per heavy atom. The Bertz CT molecular complexity index is 149. The highest BCUT2D eigenvalue weighted by atomic mass is 16.5. The Morgan fingerprint density at radius 1 is 0.941 bits per heavy atom. The molecule has 1 rings (SSSR count). The largest absolute Gasteiger partial charge is 0.372 e. The third-order valence-electron chi connectivity index (χ3n) is 3.89. The zero-order valence-electron chi connectivity index (χ0n) is 12.0. The quantitative estimate of drug-likeness (QED) is 0.458. The molecule has 1 aliphatic heterocycles. The molecule has 1 heteroatoms. The molecule has 0 amide bonds. The molecular weight excluding hydrogens is 208 g/mol. The highest BCUT2D eigenvalue weighted by Crippen LogP contribution is 2.35. The van der Waals surface area contributed by atoms with Gasteiger partial charge in [-0.15, -0.1) is 0 Å². The molecule has 0 bridgehead atoms. The van der Waals surface area contributed by atoms with Crippen LogP contribution >= 0.6 is 0 Å². The number of hydrogen-bond acceptors (Lipinski definition) is 1. The van der Waals surface area contributed by atoms with Crippen LogP contribution in [0.4, 0.5) is 0 Å². The van der Waals surface area contributed by atoms with Gasteiger partial charge in [0.05, 0.1) is 0 Å². The fourth-order valence-corrected chi connectivity index (χ4v) is 2.74. The molecule has 101 valence electrons. The lowest BCUT2D eigenvalue weighted by atomic mass is 9.91. The molecule has 1 nitrogen and oxygen atoms in total. The monoisotopic (exact) mass is 239 g/mol. The van der Waals surface area contributed by atoms with Gasteiger partial charge in [-0.1, -0.05) is 65.2 Å². The standard InChI is InChI=1S/C16H31O/c1-3-5-7-9-11-15-13-14-17-16(15)12-10-8-6-4-2/h15H,3-14H2,1-2H3. The average Bonchev–Trinajstić information content (AvgIpc) is 2.78. The van der Waals surface area contributed by atoms with E-state index in [1.807, 2.05) is 0 Å².